The third-order valence-electron chi connectivity index (χ3n) is 7.79. The Morgan fingerprint density at radius 1 is 0.438 bits per heavy atom. The molecular formula is C42H70O6. The van der Waals surface area contributed by atoms with Crippen LogP contribution < -0.4 is 0 Å². The molecular weight excluding hydrogens is 600 g/mol. The Morgan fingerprint density at radius 3 is 1.27 bits per heavy atom. The molecule has 0 aliphatic heterocycles. The van der Waals surface area contributed by atoms with Crippen LogP contribution in [-0.4, -0.2) is 37.2 Å². The molecule has 48 heavy (non-hydrogen) atoms. The molecule has 6 nitrogen and oxygen atoms in total. The third-order valence-corrected chi connectivity index (χ3v) is 7.79. The van der Waals surface area contributed by atoms with Gasteiger partial charge in [0, 0.05) is 19.3 Å². The summed E-state index contributed by atoms with van der Waals surface area (Å²) in [5.41, 5.74) is 0. The largest absolute Gasteiger partial charge is 0.462 e. The monoisotopic (exact) mass is 671 g/mol. The molecule has 1 atom stereocenters. The maximum absolute atomic E-state index is 12.5. The second-order valence-corrected chi connectivity index (χ2v) is 12.5. The summed E-state index contributed by atoms with van der Waals surface area (Å²) >= 11 is 0. The van der Waals surface area contributed by atoms with E-state index in [4.69, 9.17) is 14.2 Å². The smallest absolute Gasteiger partial charge is 0.306 e. The van der Waals surface area contributed by atoms with Gasteiger partial charge in [0.25, 0.3) is 0 Å². The van der Waals surface area contributed by atoms with Crippen LogP contribution in [0.25, 0.3) is 0 Å². The Kier molecular flexibility index (Phi) is 34.7. The van der Waals surface area contributed by atoms with E-state index in [1.54, 1.807) is 0 Å². The van der Waals surface area contributed by atoms with Crippen LogP contribution in [0, 0.1) is 0 Å². The highest BCUT2D eigenvalue weighted by molar-refractivity contribution is 5.71. The molecule has 0 N–H and O–H groups in total. The van der Waals surface area contributed by atoms with Crippen molar-refractivity contribution in [2.75, 3.05) is 13.2 Å². The zero-order valence-electron chi connectivity index (χ0n) is 31.0. The van der Waals surface area contributed by atoms with Crippen LogP contribution in [0.15, 0.2) is 60.8 Å². The standard InChI is InChI=1S/C42H70O6/c1-4-7-10-13-15-17-18-19-20-21-22-23-24-25-27-29-32-35-41(44)47-38-39(37-46-40(43)34-31-28-12-9-6-3)48-42(45)36-33-30-26-16-14-11-8-5-2/h7,10,15,17,19-20,22-23,25,27,39H,4-6,8-9,11-14,16,18,21,24,26,28-38H2,1-3H3/b10-7-,17-15-,20-19-,23-22-,27-25-. The zero-order valence-corrected chi connectivity index (χ0v) is 31.0. The second-order valence-electron chi connectivity index (χ2n) is 12.5. The van der Waals surface area contributed by atoms with Crippen molar-refractivity contribution in [3.8, 4) is 0 Å². The van der Waals surface area contributed by atoms with Gasteiger partial charge in [-0.3, -0.25) is 14.4 Å². The number of carbonyl (C=O) groups is 3. The van der Waals surface area contributed by atoms with Crippen LogP contribution in [-0.2, 0) is 28.6 Å². The van der Waals surface area contributed by atoms with Gasteiger partial charge < -0.3 is 14.2 Å². The normalized spacial score (nSPS) is 12.6. The maximum atomic E-state index is 12.5. The number of unbranched alkanes of at least 4 members (excludes halogenated alkanes) is 12. The maximum Gasteiger partial charge on any atom is 0.306 e. The van der Waals surface area contributed by atoms with Gasteiger partial charge in [0.15, 0.2) is 6.10 Å². The van der Waals surface area contributed by atoms with Crippen molar-refractivity contribution in [1.82, 2.24) is 0 Å². The van der Waals surface area contributed by atoms with E-state index in [1.807, 2.05) is 0 Å². The molecule has 0 rings (SSSR count). The van der Waals surface area contributed by atoms with Crippen molar-refractivity contribution in [3.05, 3.63) is 60.8 Å². The van der Waals surface area contributed by atoms with Crippen molar-refractivity contribution in [3.63, 3.8) is 0 Å². The molecule has 0 heterocycles. The van der Waals surface area contributed by atoms with Gasteiger partial charge in [-0.1, -0.05) is 152 Å². The lowest BCUT2D eigenvalue weighted by atomic mass is 10.1. The molecule has 0 saturated heterocycles. The minimum absolute atomic E-state index is 0.0930. The number of esters is 3. The van der Waals surface area contributed by atoms with Gasteiger partial charge in [0.05, 0.1) is 0 Å². The molecule has 0 aliphatic carbocycles. The Labute approximate surface area is 294 Å². The first-order valence-corrected chi connectivity index (χ1v) is 19.3. The topological polar surface area (TPSA) is 78.9 Å². The van der Waals surface area contributed by atoms with Crippen LogP contribution in [0.2, 0.25) is 0 Å². The summed E-state index contributed by atoms with van der Waals surface area (Å²) in [7, 11) is 0. The highest BCUT2D eigenvalue weighted by Crippen LogP contribution is 2.12. The van der Waals surface area contributed by atoms with Gasteiger partial charge in [-0.05, 0) is 57.8 Å². The fourth-order valence-corrected chi connectivity index (χ4v) is 4.89. The predicted molar refractivity (Wildman–Crippen MR) is 201 cm³/mol. The summed E-state index contributed by atoms with van der Waals surface area (Å²) in [5, 5.41) is 0. The molecule has 0 aromatic carbocycles. The minimum atomic E-state index is -0.787. The van der Waals surface area contributed by atoms with Crippen LogP contribution in [0.1, 0.15) is 168 Å². The zero-order chi connectivity index (χ0) is 35.2. The number of hydrogen-bond acceptors (Lipinski definition) is 6. The van der Waals surface area contributed by atoms with E-state index in [1.165, 1.54) is 38.5 Å². The van der Waals surface area contributed by atoms with Gasteiger partial charge in [0.2, 0.25) is 0 Å². The lowest BCUT2D eigenvalue weighted by molar-refractivity contribution is -0.167. The van der Waals surface area contributed by atoms with Gasteiger partial charge in [-0.2, -0.15) is 0 Å². The molecule has 0 bridgehead atoms. The average Bonchev–Trinajstić information content (AvgIpc) is 3.08. The SMILES string of the molecule is CC/C=C\C/C=C\C/C=C\C/C=C\C/C=C\CCCC(=O)OCC(COC(=O)CCCCCCC)OC(=O)CCCCCCCCCC. The van der Waals surface area contributed by atoms with Gasteiger partial charge in [0.1, 0.15) is 13.2 Å². The van der Waals surface area contributed by atoms with Gasteiger partial charge >= 0.3 is 17.9 Å². The number of allylic oxidation sites excluding steroid dienone is 10. The molecule has 6 heteroatoms. The molecule has 0 fully saturated rings. The average molecular weight is 671 g/mol. The van der Waals surface area contributed by atoms with Gasteiger partial charge in [-0.15, -0.1) is 0 Å². The lowest BCUT2D eigenvalue weighted by Gasteiger charge is -2.18. The van der Waals surface area contributed by atoms with Crippen LogP contribution in [0.4, 0.5) is 0 Å². The first-order valence-electron chi connectivity index (χ1n) is 19.3. The fraction of sp³-hybridized carbons (Fsp3) is 0.690. The summed E-state index contributed by atoms with van der Waals surface area (Å²) in [6.07, 6.45) is 42.5. The first kappa shape index (κ1) is 45.1. The van der Waals surface area contributed by atoms with Crippen molar-refractivity contribution < 1.29 is 28.6 Å². The molecule has 0 spiro atoms. The highest BCUT2D eigenvalue weighted by atomic mass is 16.6. The van der Waals surface area contributed by atoms with Crippen molar-refractivity contribution >= 4 is 17.9 Å². The summed E-state index contributed by atoms with van der Waals surface area (Å²) in [4.78, 5) is 37.1. The van der Waals surface area contributed by atoms with Gasteiger partial charge in [-0.25, -0.2) is 0 Å². The van der Waals surface area contributed by atoms with Crippen molar-refractivity contribution in [2.45, 2.75) is 175 Å². The van der Waals surface area contributed by atoms with Crippen molar-refractivity contribution in [2.24, 2.45) is 0 Å². The van der Waals surface area contributed by atoms with Crippen molar-refractivity contribution in [1.29, 1.82) is 0 Å². The summed E-state index contributed by atoms with van der Waals surface area (Å²) in [6.45, 7) is 6.32. The van der Waals surface area contributed by atoms with E-state index in [-0.39, 0.29) is 37.5 Å². The van der Waals surface area contributed by atoms with E-state index in [0.29, 0.717) is 19.3 Å². The molecule has 0 aliphatic rings. The van der Waals surface area contributed by atoms with E-state index in [0.717, 1.165) is 83.5 Å². The number of hydrogen-bond donors (Lipinski definition) is 0. The third kappa shape index (κ3) is 34.4. The number of ether oxygens (including phenoxy) is 3. The molecule has 1 unspecified atom stereocenters. The van der Waals surface area contributed by atoms with E-state index < -0.39 is 6.10 Å². The molecule has 0 saturated carbocycles. The van der Waals surface area contributed by atoms with E-state index >= 15 is 0 Å². The Morgan fingerprint density at radius 2 is 0.812 bits per heavy atom. The molecule has 0 amide bonds. The van der Waals surface area contributed by atoms with Crippen LogP contribution in [0.3, 0.4) is 0 Å². The first-order chi connectivity index (χ1) is 23.5. The Bertz CT molecular complexity index is 913. The summed E-state index contributed by atoms with van der Waals surface area (Å²) < 4.78 is 16.4. The highest BCUT2D eigenvalue weighted by Gasteiger charge is 2.19. The molecule has 274 valence electrons. The minimum Gasteiger partial charge on any atom is -0.462 e. The van der Waals surface area contributed by atoms with E-state index in [2.05, 4.69) is 81.5 Å². The van der Waals surface area contributed by atoms with Crippen LogP contribution in [0.5, 0.6) is 0 Å². The predicted octanol–water partition coefficient (Wildman–Crippen LogP) is 11.8. The lowest BCUT2D eigenvalue weighted by Crippen LogP contribution is -2.30. The number of carbonyl (C=O) groups excluding carboxylic acids is 3. The molecule has 0 aromatic heterocycles. The summed E-state index contributed by atoms with van der Waals surface area (Å²) in [5.74, 6) is -0.983. The Hall–Kier alpha value is -2.89. The summed E-state index contributed by atoms with van der Waals surface area (Å²) in [6, 6.07) is 0. The Balaban J connectivity index is 4.35. The number of rotatable bonds is 33. The molecule has 0 radical (unpaired) electrons. The van der Waals surface area contributed by atoms with E-state index in [9.17, 15) is 14.4 Å². The fourth-order valence-electron chi connectivity index (χ4n) is 4.89. The second kappa shape index (κ2) is 36.9. The van der Waals surface area contributed by atoms with Crippen LogP contribution >= 0.6 is 0 Å². The quantitative estimate of drug-likeness (QED) is 0.0299. The molecule has 0 aromatic rings.